The maximum Gasteiger partial charge on any atom is 0.0501 e. The molecule has 0 spiro atoms. The number of rotatable bonds is 0. The fourth-order valence-corrected chi connectivity index (χ4v) is 2.67. The molecule has 0 aromatic carbocycles. The highest BCUT2D eigenvalue weighted by atomic mass is 14.8. The molecule has 0 radical (unpaired) electrons. The van der Waals surface area contributed by atoms with Crippen molar-refractivity contribution in [1.29, 1.82) is 0 Å². The van der Waals surface area contributed by atoms with E-state index in [9.17, 15) is 0 Å². The van der Waals surface area contributed by atoms with Gasteiger partial charge in [0.25, 0.3) is 0 Å². The van der Waals surface area contributed by atoms with E-state index in [1.54, 1.807) is 0 Å². The Balaban J connectivity index is 2.26. The van der Waals surface area contributed by atoms with Gasteiger partial charge in [-0.05, 0) is 44.4 Å². The van der Waals surface area contributed by atoms with Crippen LogP contribution in [0.15, 0.2) is 4.99 Å². The van der Waals surface area contributed by atoms with E-state index in [0.29, 0.717) is 6.04 Å². The summed E-state index contributed by atoms with van der Waals surface area (Å²) >= 11 is 0. The van der Waals surface area contributed by atoms with Crippen molar-refractivity contribution >= 4 is 5.71 Å². The first-order valence-corrected chi connectivity index (χ1v) is 4.83. The number of hydrogen-bond donors (Lipinski definition) is 0. The lowest BCUT2D eigenvalue weighted by molar-refractivity contribution is 0.296. The van der Waals surface area contributed by atoms with Crippen LogP contribution in [0.4, 0.5) is 0 Å². The molecule has 11 heavy (non-hydrogen) atoms. The zero-order chi connectivity index (χ0) is 7.84. The van der Waals surface area contributed by atoms with Gasteiger partial charge < -0.3 is 0 Å². The number of hydrogen-bond acceptors (Lipinski definition) is 1. The summed E-state index contributed by atoms with van der Waals surface area (Å²) < 4.78 is 0. The standard InChI is InChI=1S/C10H17N/c1-7-6-9-4-3-5-10(7)8(2)11-9/h7-8,10H,3-6H2,1-2H3/t7-,8+,10?/m0/s1. The molecule has 0 amide bonds. The first-order chi connectivity index (χ1) is 5.27. The molecular formula is C10H17N. The van der Waals surface area contributed by atoms with Gasteiger partial charge in [0.1, 0.15) is 0 Å². The largest absolute Gasteiger partial charge is 0.291 e. The Morgan fingerprint density at radius 2 is 2.18 bits per heavy atom. The molecule has 1 nitrogen and oxygen atoms in total. The molecular weight excluding hydrogens is 134 g/mol. The molecule has 0 N–H and O–H groups in total. The topological polar surface area (TPSA) is 12.4 Å². The molecule has 2 bridgehead atoms. The van der Waals surface area contributed by atoms with Gasteiger partial charge in [0, 0.05) is 5.71 Å². The van der Waals surface area contributed by atoms with Gasteiger partial charge in [-0.15, -0.1) is 0 Å². The molecule has 2 heterocycles. The zero-order valence-electron chi connectivity index (χ0n) is 7.51. The number of nitrogens with zero attached hydrogens (tertiary/aromatic N) is 1. The molecule has 0 aromatic rings. The Bertz CT molecular complexity index is 183. The lowest BCUT2D eigenvalue weighted by Crippen LogP contribution is -2.27. The molecule has 3 atom stereocenters. The van der Waals surface area contributed by atoms with Gasteiger partial charge in [0.05, 0.1) is 6.04 Å². The van der Waals surface area contributed by atoms with Gasteiger partial charge in [-0.3, -0.25) is 4.99 Å². The van der Waals surface area contributed by atoms with Crippen LogP contribution >= 0.6 is 0 Å². The summed E-state index contributed by atoms with van der Waals surface area (Å²) in [7, 11) is 0. The summed E-state index contributed by atoms with van der Waals surface area (Å²) in [6.45, 7) is 4.67. The molecule has 3 rings (SSSR count). The van der Waals surface area contributed by atoms with E-state index in [4.69, 9.17) is 4.99 Å². The van der Waals surface area contributed by atoms with E-state index < -0.39 is 0 Å². The Hall–Kier alpha value is -0.330. The van der Waals surface area contributed by atoms with Crippen LogP contribution in [0.5, 0.6) is 0 Å². The fourth-order valence-electron chi connectivity index (χ4n) is 2.67. The summed E-state index contributed by atoms with van der Waals surface area (Å²) in [5.41, 5.74) is 1.50. The van der Waals surface area contributed by atoms with E-state index in [2.05, 4.69) is 13.8 Å². The van der Waals surface area contributed by atoms with Crippen molar-refractivity contribution < 1.29 is 0 Å². The zero-order valence-corrected chi connectivity index (χ0v) is 7.51. The quantitative estimate of drug-likeness (QED) is 0.504. The molecule has 1 saturated carbocycles. The minimum Gasteiger partial charge on any atom is -0.291 e. The van der Waals surface area contributed by atoms with Gasteiger partial charge in [-0.1, -0.05) is 6.92 Å². The maximum atomic E-state index is 4.71. The van der Waals surface area contributed by atoms with Gasteiger partial charge in [0.15, 0.2) is 0 Å². The monoisotopic (exact) mass is 151 g/mol. The smallest absolute Gasteiger partial charge is 0.0501 e. The number of aliphatic imine (C=N–C) groups is 1. The van der Waals surface area contributed by atoms with Gasteiger partial charge >= 0.3 is 0 Å². The molecule has 0 saturated heterocycles. The second kappa shape index (κ2) is 2.62. The van der Waals surface area contributed by atoms with Crippen molar-refractivity contribution in [3.63, 3.8) is 0 Å². The Morgan fingerprint density at radius 1 is 1.36 bits per heavy atom. The molecule has 1 aliphatic carbocycles. The first-order valence-electron chi connectivity index (χ1n) is 4.83. The average molecular weight is 151 g/mol. The third kappa shape index (κ3) is 1.21. The summed E-state index contributed by atoms with van der Waals surface area (Å²) in [6.07, 6.45) is 5.37. The van der Waals surface area contributed by atoms with Crippen LogP contribution in [-0.2, 0) is 0 Å². The molecule has 3 aliphatic rings. The van der Waals surface area contributed by atoms with Crippen molar-refractivity contribution in [2.75, 3.05) is 0 Å². The van der Waals surface area contributed by atoms with Crippen molar-refractivity contribution in [2.24, 2.45) is 16.8 Å². The Kier molecular flexibility index (Phi) is 1.74. The summed E-state index contributed by atoms with van der Waals surface area (Å²) in [4.78, 5) is 4.71. The van der Waals surface area contributed by atoms with Crippen LogP contribution in [0.25, 0.3) is 0 Å². The minimum atomic E-state index is 0.622. The highest BCUT2D eigenvalue weighted by Gasteiger charge is 2.31. The van der Waals surface area contributed by atoms with Crippen molar-refractivity contribution in [3.05, 3.63) is 0 Å². The lowest BCUT2D eigenvalue weighted by atomic mass is 9.82. The van der Waals surface area contributed by atoms with E-state index >= 15 is 0 Å². The van der Waals surface area contributed by atoms with Crippen LogP contribution in [0.2, 0.25) is 0 Å². The molecule has 1 unspecified atom stereocenters. The summed E-state index contributed by atoms with van der Waals surface area (Å²) in [6, 6.07) is 0.622. The Morgan fingerprint density at radius 3 is 2.91 bits per heavy atom. The van der Waals surface area contributed by atoms with E-state index in [0.717, 1.165) is 11.8 Å². The third-order valence-corrected chi connectivity index (χ3v) is 3.30. The van der Waals surface area contributed by atoms with Crippen molar-refractivity contribution in [2.45, 2.75) is 45.6 Å². The predicted octanol–water partition coefficient (Wildman–Crippen LogP) is 2.66. The normalized spacial score (nSPS) is 43.5. The lowest BCUT2D eigenvalue weighted by Gasteiger charge is -2.29. The van der Waals surface area contributed by atoms with Crippen LogP contribution in [0.3, 0.4) is 0 Å². The highest BCUT2D eigenvalue weighted by Crippen LogP contribution is 2.35. The summed E-state index contributed by atoms with van der Waals surface area (Å²) in [5, 5.41) is 0. The molecule has 2 aliphatic heterocycles. The molecule has 0 aromatic heterocycles. The number of fused-ring (bicyclic) bond motifs is 4. The average Bonchev–Trinajstić information content (AvgIpc) is 2.18. The molecule has 1 heteroatoms. The highest BCUT2D eigenvalue weighted by molar-refractivity contribution is 5.85. The Labute approximate surface area is 68.9 Å². The second-order valence-electron chi connectivity index (χ2n) is 4.17. The van der Waals surface area contributed by atoms with Crippen LogP contribution in [-0.4, -0.2) is 11.8 Å². The molecule has 62 valence electrons. The van der Waals surface area contributed by atoms with E-state index in [-0.39, 0.29) is 0 Å². The minimum absolute atomic E-state index is 0.622. The second-order valence-corrected chi connectivity index (χ2v) is 4.17. The van der Waals surface area contributed by atoms with Gasteiger partial charge in [0.2, 0.25) is 0 Å². The molecule has 1 fully saturated rings. The predicted molar refractivity (Wildman–Crippen MR) is 48.0 cm³/mol. The van der Waals surface area contributed by atoms with Crippen LogP contribution in [0.1, 0.15) is 39.5 Å². The van der Waals surface area contributed by atoms with Crippen molar-refractivity contribution in [1.82, 2.24) is 0 Å². The van der Waals surface area contributed by atoms with Crippen molar-refractivity contribution in [3.8, 4) is 0 Å². The summed E-state index contributed by atoms with van der Waals surface area (Å²) in [5.74, 6) is 1.79. The van der Waals surface area contributed by atoms with Gasteiger partial charge in [-0.2, -0.15) is 0 Å². The van der Waals surface area contributed by atoms with Crippen LogP contribution in [0, 0.1) is 11.8 Å². The first kappa shape index (κ1) is 7.33. The SMILES string of the molecule is C[C@H]1CC2=N[C@H](C)C1CCC2. The maximum absolute atomic E-state index is 4.71. The van der Waals surface area contributed by atoms with Gasteiger partial charge in [-0.25, -0.2) is 0 Å². The third-order valence-electron chi connectivity index (χ3n) is 3.30. The van der Waals surface area contributed by atoms with E-state index in [1.165, 1.54) is 31.4 Å². The van der Waals surface area contributed by atoms with E-state index in [1.807, 2.05) is 0 Å². The fraction of sp³-hybridized carbons (Fsp3) is 0.900. The van der Waals surface area contributed by atoms with Crippen LogP contribution < -0.4 is 0 Å².